The first-order chi connectivity index (χ1) is 13.6. The average Bonchev–Trinajstić information content (AvgIpc) is 3.20. The molecule has 4 rings (SSSR count). The highest BCUT2D eigenvalue weighted by atomic mass is 16.6. The molecule has 3 atom stereocenters. The van der Waals surface area contributed by atoms with Crippen LogP contribution >= 0.6 is 0 Å². The maximum Gasteiger partial charge on any atom is 0.310 e. The minimum Gasteiger partial charge on any atom is -0.508 e. The minimum absolute atomic E-state index is 0.0372. The van der Waals surface area contributed by atoms with Crippen LogP contribution in [-0.4, -0.2) is 30.1 Å². The van der Waals surface area contributed by atoms with E-state index in [9.17, 15) is 9.90 Å². The van der Waals surface area contributed by atoms with Crippen LogP contribution in [0, 0.1) is 5.92 Å². The molecule has 2 aliphatic rings. The van der Waals surface area contributed by atoms with Gasteiger partial charge in [-0.1, -0.05) is 36.8 Å². The third-order valence-electron chi connectivity index (χ3n) is 6.02. The lowest BCUT2D eigenvalue weighted by molar-refractivity contribution is -0.144. The zero-order valence-electron chi connectivity index (χ0n) is 16.1. The predicted octanol–water partition coefficient (Wildman–Crippen LogP) is 3.79. The molecule has 1 fully saturated rings. The Balaban J connectivity index is 1.53. The number of carbonyl (C=O) groups is 1. The fourth-order valence-corrected chi connectivity index (χ4v) is 4.52. The van der Waals surface area contributed by atoms with Gasteiger partial charge in [-0.2, -0.15) is 0 Å². The van der Waals surface area contributed by atoms with Crippen LogP contribution < -0.4 is 5.73 Å². The molecule has 1 aliphatic heterocycles. The number of aliphatic imine (C=N–C) groups is 1. The number of unbranched alkanes of at least 4 members (excludes halogenated alkanes) is 1. The van der Waals surface area contributed by atoms with Crippen molar-refractivity contribution in [3.63, 3.8) is 0 Å². The van der Waals surface area contributed by atoms with Crippen LogP contribution in [0.3, 0.4) is 0 Å². The molecule has 1 aliphatic carbocycles. The van der Waals surface area contributed by atoms with Crippen molar-refractivity contribution in [3.8, 4) is 16.9 Å². The van der Waals surface area contributed by atoms with Crippen LogP contribution in [0.4, 0.5) is 0 Å². The quantitative estimate of drug-likeness (QED) is 0.347. The molecule has 5 nitrogen and oxygen atoms in total. The Hall–Kier alpha value is -2.82. The first-order valence-electron chi connectivity index (χ1n) is 9.90. The summed E-state index contributed by atoms with van der Waals surface area (Å²) >= 11 is 0. The molecule has 1 saturated heterocycles. The standard InChI is InChI=1S/C23H26N2O3/c1-25-21(24)5-3-2-4-18-22-19-12-15(14-8-10-17(26)11-9-14)6-7-16(19)13-20(22)28-23(18)27/h6-12,18,20,22,26H,2-5,13H2,1H3,(H2,24,25)/t18-,20+,22+/m1/s1. The first-order valence-corrected chi connectivity index (χ1v) is 9.90. The van der Waals surface area contributed by atoms with Gasteiger partial charge in [0.2, 0.25) is 0 Å². The van der Waals surface area contributed by atoms with Crippen molar-refractivity contribution in [1.29, 1.82) is 0 Å². The van der Waals surface area contributed by atoms with E-state index >= 15 is 0 Å². The Morgan fingerprint density at radius 2 is 1.93 bits per heavy atom. The second-order valence-electron chi connectivity index (χ2n) is 7.73. The number of benzene rings is 2. The SMILES string of the molecule is CN=C(N)CCCC[C@H]1C(=O)O[C@H]2Cc3ccc(-c4ccc(O)cc4)cc3[C@@H]21. The molecule has 2 aromatic carbocycles. The minimum atomic E-state index is -0.0823. The van der Waals surface area contributed by atoms with Crippen molar-refractivity contribution in [2.24, 2.45) is 16.6 Å². The van der Waals surface area contributed by atoms with Gasteiger partial charge in [0, 0.05) is 25.8 Å². The van der Waals surface area contributed by atoms with Crippen molar-refractivity contribution in [2.45, 2.75) is 44.1 Å². The van der Waals surface area contributed by atoms with E-state index in [0.717, 1.165) is 43.2 Å². The number of aromatic hydroxyl groups is 1. The van der Waals surface area contributed by atoms with Crippen LogP contribution in [0.2, 0.25) is 0 Å². The Morgan fingerprint density at radius 1 is 1.18 bits per heavy atom. The summed E-state index contributed by atoms with van der Waals surface area (Å²) in [6, 6.07) is 13.7. The fraction of sp³-hybridized carbons (Fsp3) is 0.391. The zero-order valence-corrected chi connectivity index (χ0v) is 16.1. The summed E-state index contributed by atoms with van der Waals surface area (Å²) in [5.74, 6) is 0.913. The van der Waals surface area contributed by atoms with Gasteiger partial charge in [0.1, 0.15) is 11.9 Å². The van der Waals surface area contributed by atoms with Gasteiger partial charge in [0.25, 0.3) is 0 Å². The summed E-state index contributed by atoms with van der Waals surface area (Å²) in [6.45, 7) is 0. The Kier molecular flexibility index (Phi) is 5.07. The number of phenols is 1. The Morgan fingerprint density at radius 3 is 2.68 bits per heavy atom. The van der Waals surface area contributed by atoms with Crippen LogP contribution in [-0.2, 0) is 16.0 Å². The lowest BCUT2D eigenvalue weighted by atomic mass is 9.84. The van der Waals surface area contributed by atoms with E-state index in [4.69, 9.17) is 10.5 Å². The number of hydrogen-bond acceptors (Lipinski definition) is 4. The molecule has 146 valence electrons. The number of amidine groups is 1. The molecule has 0 unspecified atom stereocenters. The van der Waals surface area contributed by atoms with E-state index < -0.39 is 0 Å². The van der Waals surface area contributed by atoms with Crippen molar-refractivity contribution in [3.05, 3.63) is 53.6 Å². The van der Waals surface area contributed by atoms with Crippen molar-refractivity contribution in [2.75, 3.05) is 7.05 Å². The molecule has 2 aromatic rings. The lowest BCUT2D eigenvalue weighted by Crippen LogP contribution is -2.16. The number of phenolic OH excluding ortho intramolecular Hbond substituents is 1. The summed E-state index contributed by atoms with van der Waals surface area (Å²) in [7, 11) is 1.70. The van der Waals surface area contributed by atoms with Gasteiger partial charge in [-0.15, -0.1) is 0 Å². The molecule has 0 spiro atoms. The summed E-state index contributed by atoms with van der Waals surface area (Å²) in [4.78, 5) is 16.5. The van der Waals surface area contributed by atoms with Crippen LogP contribution in [0.25, 0.3) is 11.1 Å². The number of rotatable bonds is 6. The molecule has 3 N–H and O–H groups in total. The zero-order chi connectivity index (χ0) is 19.7. The Bertz CT molecular complexity index is 905. The van der Waals surface area contributed by atoms with Gasteiger partial charge < -0.3 is 15.6 Å². The van der Waals surface area contributed by atoms with Crippen molar-refractivity contribution < 1.29 is 14.6 Å². The average molecular weight is 378 g/mol. The molecule has 28 heavy (non-hydrogen) atoms. The lowest BCUT2D eigenvalue weighted by Gasteiger charge is -2.16. The van der Waals surface area contributed by atoms with Crippen molar-refractivity contribution >= 4 is 11.8 Å². The van der Waals surface area contributed by atoms with E-state index in [1.807, 2.05) is 12.1 Å². The number of nitrogens with zero attached hydrogens (tertiary/aromatic N) is 1. The van der Waals surface area contributed by atoms with Gasteiger partial charge in [-0.3, -0.25) is 9.79 Å². The molecular weight excluding hydrogens is 352 g/mol. The van der Waals surface area contributed by atoms with Crippen LogP contribution in [0.5, 0.6) is 5.75 Å². The number of esters is 1. The normalized spacial score (nSPS) is 23.4. The van der Waals surface area contributed by atoms with Gasteiger partial charge >= 0.3 is 5.97 Å². The molecule has 0 saturated carbocycles. The third-order valence-corrected chi connectivity index (χ3v) is 6.02. The number of ether oxygens (including phenoxy) is 1. The summed E-state index contributed by atoms with van der Waals surface area (Å²) in [5.41, 5.74) is 10.4. The molecule has 0 amide bonds. The van der Waals surface area contributed by atoms with Crippen LogP contribution in [0.15, 0.2) is 47.5 Å². The first kappa shape index (κ1) is 18.5. The number of fused-ring (bicyclic) bond motifs is 3. The van der Waals surface area contributed by atoms with Gasteiger partial charge in [-0.05, 0) is 47.2 Å². The highest BCUT2D eigenvalue weighted by Crippen LogP contribution is 2.48. The monoisotopic (exact) mass is 378 g/mol. The number of carbonyl (C=O) groups excluding carboxylic acids is 1. The Labute approximate surface area is 165 Å². The second-order valence-corrected chi connectivity index (χ2v) is 7.73. The maximum atomic E-state index is 12.5. The van der Waals surface area contributed by atoms with Gasteiger partial charge in [0.15, 0.2) is 0 Å². The topological polar surface area (TPSA) is 84.9 Å². The van der Waals surface area contributed by atoms with Crippen LogP contribution in [0.1, 0.15) is 42.7 Å². The number of nitrogens with two attached hydrogens (primary N) is 1. The van der Waals surface area contributed by atoms with E-state index in [1.54, 1.807) is 19.2 Å². The third kappa shape index (κ3) is 3.49. The molecule has 0 radical (unpaired) electrons. The molecule has 1 heterocycles. The van der Waals surface area contributed by atoms with E-state index in [-0.39, 0.29) is 29.7 Å². The smallest absolute Gasteiger partial charge is 0.310 e. The van der Waals surface area contributed by atoms with E-state index in [2.05, 4.69) is 23.2 Å². The second kappa shape index (κ2) is 7.66. The number of hydrogen-bond donors (Lipinski definition) is 2. The van der Waals surface area contributed by atoms with E-state index in [1.165, 1.54) is 11.1 Å². The predicted molar refractivity (Wildman–Crippen MR) is 109 cm³/mol. The molecule has 0 aromatic heterocycles. The van der Waals surface area contributed by atoms with Gasteiger partial charge in [-0.25, -0.2) is 0 Å². The largest absolute Gasteiger partial charge is 0.508 e. The molecule has 0 bridgehead atoms. The van der Waals surface area contributed by atoms with E-state index in [0.29, 0.717) is 5.84 Å². The summed E-state index contributed by atoms with van der Waals surface area (Å²) in [5, 5.41) is 9.53. The summed E-state index contributed by atoms with van der Waals surface area (Å²) in [6.07, 6.45) is 4.23. The van der Waals surface area contributed by atoms with Crippen molar-refractivity contribution in [1.82, 2.24) is 0 Å². The maximum absolute atomic E-state index is 12.5. The summed E-state index contributed by atoms with van der Waals surface area (Å²) < 4.78 is 5.72. The fourth-order valence-electron chi connectivity index (χ4n) is 4.52. The highest BCUT2D eigenvalue weighted by molar-refractivity contribution is 5.80. The highest BCUT2D eigenvalue weighted by Gasteiger charge is 2.49. The molecular formula is C23H26N2O3. The molecule has 5 heteroatoms. The van der Waals surface area contributed by atoms with Gasteiger partial charge in [0.05, 0.1) is 11.8 Å².